The second-order valence-electron chi connectivity index (χ2n) is 6.16. The maximum Gasteiger partial charge on any atom is 0.149 e. The molecule has 3 rings (SSSR count). The third kappa shape index (κ3) is 0.982. The molecule has 4 atom stereocenters. The Balaban J connectivity index is 2.15. The lowest BCUT2D eigenvalue weighted by Crippen LogP contribution is -2.29. The van der Waals surface area contributed by atoms with Gasteiger partial charge in [0.25, 0.3) is 0 Å². The number of hydrogen-bond acceptors (Lipinski definition) is 2. The molecule has 0 aliphatic heterocycles. The van der Waals surface area contributed by atoms with Gasteiger partial charge in [-0.25, -0.2) is 0 Å². The summed E-state index contributed by atoms with van der Waals surface area (Å²) >= 11 is 0. The van der Waals surface area contributed by atoms with Gasteiger partial charge in [-0.2, -0.15) is 0 Å². The first-order chi connectivity index (χ1) is 7.45. The zero-order valence-corrected chi connectivity index (χ0v) is 10.2. The van der Waals surface area contributed by atoms with Crippen LogP contribution in [-0.2, 0) is 9.59 Å². The van der Waals surface area contributed by atoms with E-state index in [2.05, 4.69) is 20.8 Å². The molecule has 0 aromatic carbocycles. The lowest BCUT2D eigenvalue weighted by molar-refractivity contribution is -0.134. The standard InChI is InChI=1S/C14H18O2/c1-7(2)10-6-14(3)11-4-9(13(14)16)12(15)5-8(10)11/h8-9,11H,4-6H2,1-3H3/t8-,9+,11-,14+/m1/s1. The van der Waals surface area contributed by atoms with Crippen molar-refractivity contribution in [2.75, 3.05) is 0 Å². The minimum atomic E-state index is -0.245. The largest absolute Gasteiger partial charge is 0.299 e. The van der Waals surface area contributed by atoms with E-state index in [4.69, 9.17) is 0 Å². The minimum Gasteiger partial charge on any atom is -0.299 e. The summed E-state index contributed by atoms with van der Waals surface area (Å²) in [7, 11) is 0. The monoisotopic (exact) mass is 218 g/mol. The summed E-state index contributed by atoms with van der Waals surface area (Å²) in [6.45, 7) is 6.31. The van der Waals surface area contributed by atoms with Crippen LogP contribution in [0.1, 0.15) is 40.0 Å². The van der Waals surface area contributed by atoms with Gasteiger partial charge in [-0.15, -0.1) is 0 Å². The zero-order chi connectivity index (χ0) is 11.7. The lowest BCUT2D eigenvalue weighted by Gasteiger charge is -2.26. The second kappa shape index (κ2) is 2.85. The molecule has 0 aromatic heterocycles. The predicted octanol–water partition coefficient (Wildman–Crippen LogP) is 2.53. The van der Waals surface area contributed by atoms with Crippen LogP contribution < -0.4 is 0 Å². The average Bonchev–Trinajstić information content (AvgIpc) is 2.61. The number of rotatable bonds is 0. The Hall–Kier alpha value is -0.920. The number of hydrogen-bond donors (Lipinski definition) is 0. The summed E-state index contributed by atoms with van der Waals surface area (Å²) in [4.78, 5) is 24.2. The van der Waals surface area contributed by atoms with Gasteiger partial charge in [0, 0.05) is 11.8 Å². The Labute approximate surface area is 96.1 Å². The van der Waals surface area contributed by atoms with Gasteiger partial charge in [0.1, 0.15) is 11.6 Å². The van der Waals surface area contributed by atoms with Crippen molar-refractivity contribution in [3.63, 3.8) is 0 Å². The van der Waals surface area contributed by atoms with Crippen LogP contribution in [0.2, 0.25) is 0 Å². The molecular formula is C14H18O2. The summed E-state index contributed by atoms with van der Waals surface area (Å²) < 4.78 is 0. The summed E-state index contributed by atoms with van der Waals surface area (Å²) in [6, 6.07) is 0. The van der Waals surface area contributed by atoms with E-state index in [1.165, 1.54) is 11.1 Å². The molecule has 86 valence electrons. The van der Waals surface area contributed by atoms with E-state index in [9.17, 15) is 9.59 Å². The maximum atomic E-state index is 12.3. The van der Waals surface area contributed by atoms with Crippen LogP contribution in [0.3, 0.4) is 0 Å². The molecule has 3 saturated carbocycles. The Morgan fingerprint density at radius 3 is 2.62 bits per heavy atom. The van der Waals surface area contributed by atoms with Crippen molar-refractivity contribution >= 4 is 11.6 Å². The van der Waals surface area contributed by atoms with E-state index in [1.807, 2.05) is 0 Å². The van der Waals surface area contributed by atoms with E-state index in [-0.39, 0.29) is 22.9 Å². The normalized spacial score (nSPS) is 45.4. The summed E-state index contributed by atoms with van der Waals surface area (Å²) in [5.74, 6) is 1.03. The van der Waals surface area contributed by atoms with Gasteiger partial charge in [-0.1, -0.05) is 18.1 Å². The van der Waals surface area contributed by atoms with Crippen LogP contribution >= 0.6 is 0 Å². The van der Waals surface area contributed by atoms with Crippen LogP contribution in [0, 0.1) is 23.2 Å². The highest BCUT2D eigenvalue weighted by Gasteiger charge is 2.63. The highest BCUT2D eigenvalue weighted by Crippen LogP contribution is 2.63. The Bertz CT molecular complexity index is 428. The highest BCUT2D eigenvalue weighted by molar-refractivity contribution is 6.08. The van der Waals surface area contributed by atoms with Crippen molar-refractivity contribution in [2.24, 2.45) is 23.2 Å². The molecule has 0 aromatic rings. The molecule has 3 aliphatic carbocycles. The van der Waals surface area contributed by atoms with Crippen molar-refractivity contribution in [1.82, 2.24) is 0 Å². The fourth-order valence-electron chi connectivity index (χ4n) is 4.25. The molecule has 0 saturated heterocycles. The fraction of sp³-hybridized carbons (Fsp3) is 0.714. The zero-order valence-electron chi connectivity index (χ0n) is 10.2. The van der Waals surface area contributed by atoms with Gasteiger partial charge in [0.15, 0.2) is 0 Å². The van der Waals surface area contributed by atoms with E-state index in [1.54, 1.807) is 0 Å². The number of carbonyl (C=O) groups excluding carboxylic acids is 2. The highest BCUT2D eigenvalue weighted by atomic mass is 16.2. The molecule has 0 unspecified atom stereocenters. The summed E-state index contributed by atoms with van der Waals surface area (Å²) in [5, 5.41) is 0. The maximum absolute atomic E-state index is 12.3. The average molecular weight is 218 g/mol. The molecule has 0 amide bonds. The SMILES string of the molecule is CC(C)=C1C[C@]2(C)C(=O)[C@H]3C[C@@H]2[C@@H]1CC3=O. The van der Waals surface area contributed by atoms with Crippen LogP contribution in [-0.4, -0.2) is 11.6 Å². The van der Waals surface area contributed by atoms with Gasteiger partial charge < -0.3 is 0 Å². The molecule has 0 radical (unpaired) electrons. The van der Waals surface area contributed by atoms with Crippen molar-refractivity contribution in [1.29, 1.82) is 0 Å². The quantitative estimate of drug-likeness (QED) is 0.462. The molecular weight excluding hydrogens is 200 g/mol. The van der Waals surface area contributed by atoms with E-state index >= 15 is 0 Å². The smallest absolute Gasteiger partial charge is 0.149 e. The van der Waals surface area contributed by atoms with Crippen molar-refractivity contribution in [2.45, 2.75) is 40.0 Å². The fourth-order valence-corrected chi connectivity index (χ4v) is 4.25. The Kier molecular flexibility index (Phi) is 1.82. The van der Waals surface area contributed by atoms with E-state index in [0.29, 0.717) is 18.3 Å². The first-order valence-electron chi connectivity index (χ1n) is 6.18. The molecule has 0 spiro atoms. The Morgan fingerprint density at radius 2 is 2.00 bits per heavy atom. The number of ketones is 2. The number of Topliss-reactive ketones (excluding diaryl/α,β-unsaturated/α-hetero) is 2. The molecule has 2 bridgehead atoms. The van der Waals surface area contributed by atoms with Crippen molar-refractivity contribution < 1.29 is 9.59 Å². The van der Waals surface area contributed by atoms with Crippen molar-refractivity contribution in [3.8, 4) is 0 Å². The van der Waals surface area contributed by atoms with Crippen LogP contribution in [0.25, 0.3) is 0 Å². The minimum absolute atomic E-state index is 0.202. The second-order valence-corrected chi connectivity index (χ2v) is 6.16. The molecule has 16 heavy (non-hydrogen) atoms. The summed E-state index contributed by atoms with van der Waals surface area (Å²) in [5.41, 5.74) is 2.50. The molecule has 2 nitrogen and oxygen atoms in total. The van der Waals surface area contributed by atoms with E-state index in [0.717, 1.165) is 12.8 Å². The first-order valence-corrected chi connectivity index (χ1v) is 6.18. The third-order valence-electron chi connectivity index (χ3n) is 5.13. The number of carbonyl (C=O) groups is 2. The van der Waals surface area contributed by atoms with Gasteiger partial charge in [0.2, 0.25) is 0 Å². The van der Waals surface area contributed by atoms with E-state index < -0.39 is 0 Å². The molecule has 3 aliphatic rings. The van der Waals surface area contributed by atoms with Gasteiger partial charge in [0.05, 0.1) is 5.92 Å². The number of fused-ring (bicyclic) bond motifs is 1. The third-order valence-corrected chi connectivity index (χ3v) is 5.13. The van der Waals surface area contributed by atoms with Gasteiger partial charge >= 0.3 is 0 Å². The van der Waals surface area contributed by atoms with Crippen LogP contribution in [0.15, 0.2) is 11.1 Å². The first kappa shape index (κ1) is 10.2. The Morgan fingerprint density at radius 1 is 1.31 bits per heavy atom. The summed E-state index contributed by atoms with van der Waals surface area (Å²) in [6.07, 6.45) is 2.36. The topological polar surface area (TPSA) is 34.1 Å². The van der Waals surface area contributed by atoms with Crippen LogP contribution in [0.5, 0.6) is 0 Å². The van der Waals surface area contributed by atoms with Crippen molar-refractivity contribution in [3.05, 3.63) is 11.1 Å². The number of allylic oxidation sites excluding steroid dienone is 2. The molecule has 0 heterocycles. The predicted molar refractivity (Wildman–Crippen MR) is 60.8 cm³/mol. The lowest BCUT2D eigenvalue weighted by atomic mass is 9.76. The molecule has 3 fully saturated rings. The molecule has 2 heteroatoms. The van der Waals surface area contributed by atoms with Crippen LogP contribution in [0.4, 0.5) is 0 Å². The molecule has 0 N–H and O–H groups in total. The van der Waals surface area contributed by atoms with Gasteiger partial charge in [-0.3, -0.25) is 9.59 Å². The van der Waals surface area contributed by atoms with Gasteiger partial charge in [-0.05, 0) is 38.5 Å².